The number of nitrogens with one attached hydrogen (secondary N) is 1. The molecule has 2 aromatic rings. The van der Waals surface area contributed by atoms with Gasteiger partial charge in [0.2, 0.25) is 0 Å². The van der Waals surface area contributed by atoms with Crippen LogP contribution < -0.4 is 5.32 Å². The van der Waals surface area contributed by atoms with Crippen LogP contribution >= 0.6 is 11.3 Å². The van der Waals surface area contributed by atoms with Crippen LogP contribution in [0.4, 0.5) is 18.9 Å². The van der Waals surface area contributed by atoms with Crippen molar-refractivity contribution in [3.63, 3.8) is 0 Å². The summed E-state index contributed by atoms with van der Waals surface area (Å²) in [4.78, 5) is 26.1. The maximum absolute atomic E-state index is 12.6. The number of amides is 1. The van der Waals surface area contributed by atoms with E-state index in [1.807, 2.05) is 0 Å². The van der Waals surface area contributed by atoms with Gasteiger partial charge in [-0.3, -0.25) is 14.9 Å². The van der Waals surface area contributed by atoms with Gasteiger partial charge < -0.3 is 5.32 Å². The van der Waals surface area contributed by atoms with Gasteiger partial charge in [0.15, 0.2) is 0 Å². The first-order chi connectivity index (χ1) is 10.7. The van der Waals surface area contributed by atoms with E-state index in [-0.39, 0.29) is 0 Å². The Bertz CT molecular complexity index is 732. The minimum Gasteiger partial charge on any atom is -0.343 e. The molecule has 6 nitrogen and oxygen atoms in total. The number of nitro groups is 1. The third kappa shape index (κ3) is 3.83. The number of aromatic nitrogens is 1. The maximum atomic E-state index is 12.6. The lowest BCUT2D eigenvalue weighted by Crippen LogP contribution is -2.27. The number of benzene rings is 1. The van der Waals surface area contributed by atoms with E-state index in [9.17, 15) is 28.1 Å². The Hall–Kier alpha value is -2.49. The molecule has 23 heavy (non-hydrogen) atoms. The molecule has 1 aromatic heterocycles. The standard InChI is InChI=1S/C13H10F3N3O3S/c1-7(12-17-4-5-23-12)18-11(20)9-3-2-8(13(14,15)16)6-10(9)19(21)22/h2-7H,1H3,(H,18,20). The Labute approximate surface area is 132 Å². The molecule has 122 valence electrons. The number of hydrogen-bond donors (Lipinski definition) is 1. The summed E-state index contributed by atoms with van der Waals surface area (Å²) in [6, 6.07) is 1.26. The SMILES string of the molecule is CC(NC(=O)c1ccc(C(F)(F)F)cc1[N+](=O)[O-])c1nccs1. The molecular formula is C13H10F3N3O3S. The second-order valence-corrected chi connectivity index (χ2v) is 5.48. The van der Waals surface area contributed by atoms with E-state index < -0.39 is 39.9 Å². The zero-order valence-corrected chi connectivity index (χ0v) is 12.4. The first-order valence-electron chi connectivity index (χ1n) is 6.26. The summed E-state index contributed by atoms with van der Waals surface area (Å²) < 4.78 is 37.9. The molecule has 1 N–H and O–H groups in total. The third-order valence-electron chi connectivity index (χ3n) is 2.94. The Balaban J connectivity index is 2.31. The van der Waals surface area contributed by atoms with E-state index in [0.717, 1.165) is 6.07 Å². The number of alkyl halides is 3. The van der Waals surface area contributed by atoms with Crippen molar-refractivity contribution in [2.24, 2.45) is 0 Å². The van der Waals surface area contributed by atoms with Crippen LogP contribution in [0.5, 0.6) is 0 Å². The van der Waals surface area contributed by atoms with Gasteiger partial charge in [0.1, 0.15) is 10.6 Å². The van der Waals surface area contributed by atoms with Gasteiger partial charge in [0, 0.05) is 17.6 Å². The lowest BCUT2D eigenvalue weighted by molar-refractivity contribution is -0.385. The van der Waals surface area contributed by atoms with Crippen LogP contribution in [0.3, 0.4) is 0 Å². The van der Waals surface area contributed by atoms with Gasteiger partial charge in [-0.05, 0) is 19.1 Å². The number of nitro benzene ring substituents is 1. The predicted molar refractivity (Wildman–Crippen MR) is 76.1 cm³/mol. The number of thiazole rings is 1. The summed E-state index contributed by atoms with van der Waals surface area (Å²) in [7, 11) is 0. The number of halogens is 3. The second kappa shape index (κ2) is 6.32. The fraction of sp³-hybridized carbons (Fsp3) is 0.231. The highest BCUT2D eigenvalue weighted by Gasteiger charge is 2.34. The molecule has 0 fully saturated rings. The Morgan fingerprint density at radius 1 is 1.43 bits per heavy atom. The number of carbonyl (C=O) groups is 1. The van der Waals surface area contributed by atoms with Crippen LogP contribution in [0.15, 0.2) is 29.8 Å². The molecule has 10 heteroatoms. The average molecular weight is 345 g/mol. The highest BCUT2D eigenvalue weighted by molar-refractivity contribution is 7.09. The van der Waals surface area contributed by atoms with Crippen molar-refractivity contribution >= 4 is 22.9 Å². The van der Waals surface area contributed by atoms with Crippen LogP contribution in [0.2, 0.25) is 0 Å². The van der Waals surface area contributed by atoms with Gasteiger partial charge in [-0.15, -0.1) is 11.3 Å². The topological polar surface area (TPSA) is 85.1 Å². The largest absolute Gasteiger partial charge is 0.416 e. The number of hydrogen-bond acceptors (Lipinski definition) is 5. The minimum atomic E-state index is -4.73. The summed E-state index contributed by atoms with van der Waals surface area (Å²) in [6.45, 7) is 1.62. The van der Waals surface area contributed by atoms with Gasteiger partial charge >= 0.3 is 6.18 Å². The molecular weight excluding hydrogens is 335 g/mol. The molecule has 1 atom stereocenters. The van der Waals surface area contributed by atoms with Crippen LogP contribution in [-0.4, -0.2) is 15.8 Å². The molecule has 0 aliphatic carbocycles. The van der Waals surface area contributed by atoms with Crippen molar-refractivity contribution in [3.05, 3.63) is 56.0 Å². The first-order valence-corrected chi connectivity index (χ1v) is 7.14. The fourth-order valence-electron chi connectivity index (χ4n) is 1.84. The van der Waals surface area contributed by atoms with Crippen LogP contribution in [0.25, 0.3) is 0 Å². The lowest BCUT2D eigenvalue weighted by atomic mass is 10.1. The summed E-state index contributed by atoms with van der Waals surface area (Å²) >= 11 is 1.28. The molecule has 0 radical (unpaired) electrons. The summed E-state index contributed by atoms with van der Waals surface area (Å²) in [5.41, 5.74) is -2.52. The van der Waals surface area contributed by atoms with E-state index in [1.54, 1.807) is 12.3 Å². The van der Waals surface area contributed by atoms with Crippen LogP contribution in [0, 0.1) is 10.1 Å². The quantitative estimate of drug-likeness (QED) is 0.678. The van der Waals surface area contributed by atoms with Crippen molar-refractivity contribution in [2.75, 3.05) is 0 Å². The van der Waals surface area contributed by atoms with Crippen molar-refractivity contribution in [2.45, 2.75) is 19.1 Å². The molecule has 0 aliphatic heterocycles. The molecule has 1 aromatic carbocycles. The number of nitrogens with zero attached hydrogens (tertiary/aromatic N) is 2. The molecule has 0 aliphatic rings. The van der Waals surface area contributed by atoms with E-state index in [4.69, 9.17) is 0 Å². The van der Waals surface area contributed by atoms with Gasteiger partial charge in [0.25, 0.3) is 11.6 Å². The number of rotatable bonds is 4. The second-order valence-electron chi connectivity index (χ2n) is 4.55. The zero-order valence-electron chi connectivity index (χ0n) is 11.6. The Kier molecular flexibility index (Phi) is 4.64. The normalized spacial score (nSPS) is 12.7. The molecule has 0 bridgehead atoms. The fourth-order valence-corrected chi connectivity index (χ4v) is 2.48. The van der Waals surface area contributed by atoms with E-state index in [2.05, 4.69) is 10.3 Å². The molecule has 2 rings (SSSR count). The zero-order chi connectivity index (χ0) is 17.2. The average Bonchev–Trinajstić information content (AvgIpc) is 2.99. The minimum absolute atomic E-state index is 0.350. The molecule has 0 saturated heterocycles. The van der Waals surface area contributed by atoms with Crippen molar-refractivity contribution in [1.29, 1.82) is 0 Å². The predicted octanol–water partition coefficient (Wildman–Crippen LogP) is 3.56. The van der Waals surface area contributed by atoms with E-state index >= 15 is 0 Å². The maximum Gasteiger partial charge on any atom is 0.416 e. The summed E-state index contributed by atoms with van der Waals surface area (Å²) in [5.74, 6) is -0.840. The van der Waals surface area contributed by atoms with Crippen molar-refractivity contribution in [1.82, 2.24) is 10.3 Å². The Morgan fingerprint density at radius 2 is 2.13 bits per heavy atom. The summed E-state index contributed by atoms with van der Waals surface area (Å²) in [5, 5.41) is 15.7. The Morgan fingerprint density at radius 3 is 2.65 bits per heavy atom. The van der Waals surface area contributed by atoms with Gasteiger partial charge in [0.05, 0.1) is 16.5 Å². The highest BCUT2D eigenvalue weighted by Crippen LogP contribution is 2.33. The van der Waals surface area contributed by atoms with Crippen molar-refractivity contribution in [3.8, 4) is 0 Å². The molecule has 0 saturated carbocycles. The smallest absolute Gasteiger partial charge is 0.343 e. The van der Waals surface area contributed by atoms with Gasteiger partial charge in [-0.25, -0.2) is 4.98 Å². The van der Waals surface area contributed by atoms with E-state index in [1.165, 1.54) is 17.5 Å². The van der Waals surface area contributed by atoms with Crippen LogP contribution in [0.1, 0.15) is 33.9 Å². The summed E-state index contributed by atoms with van der Waals surface area (Å²) in [6.07, 6.45) is -3.20. The van der Waals surface area contributed by atoms with Crippen LogP contribution in [-0.2, 0) is 6.18 Å². The lowest BCUT2D eigenvalue weighted by Gasteiger charge is -2.12. The van der Waals surface area contributed by atoms with Gasteiger partial charge in [-0.1, -0.05) is 0 Å². The molecule has 1 amide bonds. The monoisotopic (exact) mass is 345 g/mol. The molecule has 1 heterocycles. The molecule has 0 spiro atoms. The van der Waals surface area contributed by atoms with Crippen molar-refractivity contribution < 1.29 is 22.9 Å². The first kappa shape index (κ1) is 16.9. The molecule has 1 unspecified atom stereocenters. The highest BCUT2D eigenvalue weighted by atomic mass is 32.1. The number of carbonyl (C=O) groups excluding carboxylic acids is 1. The van der Waals surface area contributed by atoms with E-state index in [0.29, 0.717) is 17.1 Å². The van der Waals surface area contributed by atoms with Gasteiger partial charge in [-0.2, -0.15) is 13.2 Å². The third-order valence-corrected chi connectivity index (χ3v) is 3.89.